The number of ether oxygens (including phenoxy) is 1. The Balaban J connectivity index is 1.75. The topological polar surface area (TPSA) is 43.7 Å². The number of hydrogen-bond donors (Lipinski definition) is 0. The summed E-state index contributed by atoms with van der Waals surface area (Å²) < 4.78 is 5.89. The highest BCUT2D eigenvalue weighted by atomic mass is 16.5. The Morgan fingerprint density at radius 2 is 2.00 bits per heavy atom. The Morgan fingerprint density at radius 1 is 1.23 bits per heavy atom. The van der Waals surface area contributed by atoms with E-state index in [1.807, 2.05) is 37.2 Å². The van der Waals surface area contributed by atoms with E-state index in [1.165, 1.54) is 0 Å². The lowest BCUT2D eigenvalue weighted by Gasteiger charge is -2.35. The summed E-state index contributed by atoms with van der Waals surface area (Å²) in [6, 6.07) is 5.89. The van der Waals surface area contributed by atoms with Gasteiger partial charge in [0.1, 0.15) is 23.9 Å². The number of likely N-dealkylation sites (N-methyl/N-ethyl adjacent to an activating group) is 1. The average molecular weight is 301 g/mol. The van der Waals surface area contributed by atoms with Gasteiger partial charge in [0, 0.05) is 46.3 Å². The molecule has 0 atom stereocenters. The molecule has 0 radical (unpaired) electrons. The molecule has 0 spiro atoms. The Bertz CT molecular complexity index is 588. The molecule has 1 aromatic rings. The molecule has 22 heavy (non-hydrogen) atoms. The van der Waals surface area contributed by atoms with Gasteiger partial charge < -0.3 is 19.4 Å². The van der Waals surface area contributed by atoms with Crippen molar-refractivity contribution in [2.24, 2.45) is 9.98 Å². The van der Waals surface area contributed by atoms with E-state index < -0.39 is 0 Å². The summed E-state index contributed by atoms with van der Waals surface area (Å²) >= 11 is 0. The number of benzene rings is 1. The second-order valence-electron chi connectivity index (χ2n) is 5.97. The Labute approximate surface area is 131 Å². The highest BCUT2D eigenvalue weighted by Crippen LogP contribution is 2.34. The van der Waals surface area contributed by atoms with Crippen molar-refractivity contribution < 1.29 is 4.74 Å². The van der Waals surface area contributed by atoms with Gasteiger partial charge in [0.2, 0.25) is 0 Å². The van der Waals surface area contributed by atoms with Crippen LogP contribution in [0.1, 0.15) is 0 Å². The normalized spacial score (nSPS) is 18.9. The van der Waals surface area contributed by atoms with Crippen LogP contribution in [-0.4, -0.2) is 80.8 Å². The standard InChI is InChI=1S/C16H23N5O/c1-19(2)12-17-13-4-5-14-15(10-13)22-11-16(18-14)21-8-6-20(3)7-9-21/h4-5,10,12H,6-9,11H2,1-3H3. The molecular weight excluding hydrogens is 278 g/mol. The molecule has 6 heteroatoms. The van der Waals surface area contributed by atoms with E-state index in [0.717, 1.165) is 49.1 Å². The number of fused-ring (bicyclic) bond motifs is 1. The van der Waals surface area contributed by atoms with E-state index in [9.17, 15) is 0 Å². The van der Waals surface area contributed by atoms with Crippen LogP contribution in [0.25, 0.3) is 0 Å². The zero-order valence-electron chi connectivity index (χ0n) is 13.5. The molecule has 0 bridgehead atoms. The van der Waals surface area contributed by atoms with Crippen molar-refractivity contribution in [2.75, 3.05) is 53.9 Å². The van der Waals surface area contributed by atoms with Gasteiger partial charge in [0.25, 0.3) is 0 Å². The molecular formula is C16H23N5O. The molecule has 2 heterocycles. The van der Waals surface area contributed by atoms with Crippen LogP contribution in [0.3, 0.4) is 0 Å². The number of aliphatic imine (C=N–C) groups is 2. The van der Waals surface area contributed by atoms with E-state index in [1.54, 1.807) is 6.34 Å². The minimum Gasteiger partial charge on any atom is -0.483 e. The fourth-order valence-corrected chi connectivity index (χ4v) is 2.51. The SMILES string of the molecule is CN(C)C=Nc1ccc2c(c1)OCC(N1CCN(C)CC1)=N2. The molecule has 0 amide bonds. The minimum absolute atomic E-state index is 0.539. The van der Waals surface area contributed by atoms with Gasteiger partial charge in [-0.05, 0) is 19.2 Å². The number of nitrogens with zero attached hydrogens (tertiary/aromatic N) is 5. The van der Waals surface area contributed by atoms with Crippen LogP contribution >= 0.6 is 0 Å². The Morgan fingerprint density at radius 3 is 2.73 bits per heavy atom. The van der Waals surface area contributed by atoms with E-state index in [0.29, 0.717) is 6.61 Å². The Kier molecular flexibility index (Phi) is 4.29. The second-order valence-corrected chi connectivity index (χ2v) is 5.97. The van der Waals surface area contributed by atoms with Crippen molar-refractivity contribution in [1.82, 2.24) is 14.7 Å². The van der Waals surface area contributed by atoms with E-state index in [4.69, 9.17) is 9.73 Å². The summed E-state index contributed by atoms with van der Waals surface area (Å²) in [5, 5.41) is 0. The van der Waals surface area contributed by atoms with Crippen LogP contribution in [0.15, 0.2) is 28.2 Å². The van der Waals surface area contributed by atoms with Gasteiger partial charge >= 0.3 is 0 Å². The first-order chi connectivity index (χ1) is 10.6. The second kappa shape index (κ2) is 6.36. The van der Waals surface area contributed by atoms with Gasteiger partial charge in [-0.3, -0.25) is 0 Å². The predicted octanol–water partition coefficient (Wildman–Crippen LogP) is 1.58. The molecule has 1 saturated heterocycles. The fourth-order valence-electron chi connectivity index (χ4n) is 2.51. The Hall–Kier alpha value is -2.08. The van der Waals surface area contributed by atoms with Gasteiger partial charge in [0.15, 0.2) is 0 Å². The van der Waals surface area contributed by atoms with Gasteiger partial charge in [0.05, 0.1) is 12.0 Å². The summed E-state index contributed by atoms with van der Waals surface area (Å²) in [4.78, 5) is 15.7. The van der Waals surface area contributed by atoms with Gasteiger partial charge in [-0.2, -0.15) is 0 Å². The lowest BCUT2D eigenvalue weighted by atomic mass is 10.2. The molecule has 0 N–H and O–H groups in total. The molecule has 6 nitrogen and oxygen atoms in total. The zero-order chi connectivity index (χ0) is 15.5. The maximum atomic E-state index is 5.89. The van der Waals surface area contributed by atoms with Crippen molar-refractivity contribution in [1.29, 1.82) is 0 Å². The molecule has 2 aliphatic heterocycles. The summed E-state index contributed by atoms with van der Waals surface area (Å²) in [5.41, 5.74) is 1.77. The van der Waals surface area contributed by atoms with E-state index in [2.05, 4.69) is 21.8 Å². The van der Waals surface area contributed by atoms with Crippen LogP contribution in [-0.2, 0) is 0 Å². The molecule has 0 aliphatic carbocycles. The highest BCUT2D eigenvalue weighted by molar-refractivity contribution is 5.89. The first-order valence-electron chi connectivity index (χ1n) is 7.60. The molecule has 1 aromatic carbocycles. The largest absolute Gasteiger partial charge is 0.483 e. The molecule has 0 saturated carbocycles. The summed E-state index contributed by atoms with van der Waals surface area (Å²) in [5.74, 6) is 1.84. The average Bonchev–Trinajstić information content (AvgIpc) is 2.53. The molecule has 0 unspecified atom stereocenters. The van der Waals surface area contributed by atoms with Crippen molar-refractivity contribution in [3.8, 4) is 5.75 Å². The molecule has 2 aliphatic rings. The van der Waals surface area contributed by atoms with E-state index in [-0.39, 0.29) is 0 Å². The van der Waals surface area contributed by atoms with E-state index >= 15 is 0 Å². The lowest BCUT2D eigenvalue weighted by Crippen LogP contribution is -2.49. The zero-order valence-corrected chi connectivity index (χ0v) is 13.5. The number of rotatable bonds is 2. The molecule has 3 rings (SSSR count). The molecule has 0 aromatic heterocycles. The summed E-state index contributed by atoms with van der Waals surface area (Å²) in [6.07, 6.45) is 1.78. The fraction of sp³-hybridized carbons (Fsp3) is 0.500. The van der Waals surface area contributed by atoms with Gasteiger partial charge in [-0.1, -0.05) is 0 Å². The molecule has 118 valence electrons. The first-order valence-corrected chi connectivity index (χ1v) is 7.60. The number of amidine groups is 1. The predicted molar refractivity (Wildman–Crippen MR) is 89.9 cm³/mol. The van der Waals surface area contributed by atoms with Gasteiger partial charge in [-0.25, -0.2) is 9.98 Å². The first kappa shape index (κ1) is 14.8. The molecule has 1 fully saturated rings. The van der Waals surface area contributed by atoms with Crippen LogP contribution in [0.2, 0.25) is 0 Å². The third-order valence-electron chi connectivity index (χ3n) is 3.86. The summed E-state index contributed by atoms with van der Waals surface area (Å²) in [7, 11) is 6.05. The van der Waals surface area contributed by atoms with Crippen molar-refractivity contribution in [3.05, 3.63) is 18.2 Å². The quantitative estimate of drug-likeness (QED) is 0.614. The van der Waals surface area contributed by atoms with Crippen molar-refractivity contribution in [2.45, 2.75) is 0 Å². The van der Waals surface area contributed by atoms with Crippen LogP contribution in [0.4, 0.5) is 11.4 Å². The van der Waals surface area contributed by atoms with Crippen LogP contribution in [0.5, 0.6) is 5.75 Å². The third kappa shape index (κ3) is 3.39. The minimum atomic E-state index is 0.539. The van der Waals surface area contributed by atoms with Crippen molar-refractivity contribution >= 4 is 23.5 Å². The number of piperazine rings is 1. The van der Waals surface area contributed by atoms with Crippen LogP contribution in [0, 0.1) is 0 Å². The van der Waals surface area contributed by atoms with Gasteiger partial charge in [-0.15, -0.1) is 0 Å². The number of hydrogen-bond acceptors (Lipinski definition) is 5. The van der Waals surface area contributed by atoms with Crippen LogP contribution < -0.4 is 4.74 Å². The monoisotopic (exact) mass is 301 g/mol. The summed E-state index contributed by atoms with van der Waals surface area (Å²) in [6.45, 7) is 4.71. The lowest BCUT2D eigenvalue weighted by molar-refractivity contribution is 0.206. The highest BCUT2D eigenvalue weighted by Gasteiger charge is 2.21. The van der Waals surface area contributed by atoms with Crippen molar-refractivity contribution in [3.63, 3.8) is 0 Å². The maximum absolute atomic E-state index is 5.89. The third-order valence-corrected chi connectivity index (χ3v) is 3.86. The maximum Gasteiger partial charge on any atom is 0.147 e. The smallest absolute Gasteiger partial charge is 0.147 e.